The average Bonchev–Trinajstić information content (AvgIpc) is 2.87. The highest BCUT2D eigenvalue weighted by molar-refractivity contribution is 7.13. The second-order valence-corrected chi connectivity index (χ2v) is 4.24. The van der Waals surface area contributed by atoms with Gasteiger partial charge in [0.25, 0.3) is 0 Å². The molecule has 0 aliphatic carbocycles. The highest BCUT2D eigenvalue weighted by atomic mass is 32.1. The number of rotatable bonds is 3. The molecular formula is C9H11N3O3S. The Morgan fingerprint density at radius 1 is 1.75 bits per heavy atom. The second-order valence-electron chi connectivity index (χ2n) is 3.38. The summed E-state index contributed by atoms with van der Waals surface area (Å²) in [5, 5.41) is 8.05. The number of anilines is 1. The van der Waals surface area contributed by atoms with Crippen molar-refractivity contribution in [2.45, 2.75) is 12.5 Å². The van der Waals surface area contributed by atoms with Crippen LogP contribution in [-0.2, 0) is 9.53 Å². The number of ether oxygens (including phenoxy) is 1. The molecule has 1 aliphatic rings. The van der Waals surface area contributed by atoms with Gasteiger partial charge in [-0.3, -0.25) is 4.79 Å². The Kier molecular flexibility index (Phi) is 3.04. The Bertz CT molecular complexity index is 418. The van der Waals surface area contributed by atoms with Gasteiger partial charge in [-0.2, -0.15) is 0 Å². The van der Waals surface area contributed by atoms with Crippen LogP contribution in [0.3, 0.4) is 0 Å². The lowest BCUT2D eigenvalue weighted by atomic mass is 10.3. The third-order valence-electron chi connectivity index (χ3n) is 2.20. The number of hydrogen-bond donors (Lipinski definition) is 2. The van der Waals surface area contributed by atoms with Crippen LogP contribution in [0.1, 0.15) is 16.9 Å². The molecule has 16 heavy (non-hydrogen) atoms. The first-order chi connectivity index (χ1) is 7.69. The molecule has 0 spiro atoms. The molecule has 2 N–H and O–H groups in total. The van der Waals surface area contributed by atoms with Crippen LogP contribution in [0.25, 0.3) is 0 Å². The van der Waals surface area contributed by atoms with Crippen molar-refractivity contribution in [2.75, 3.05) is 19.0 Å². The highest BCUT2D eigenvalue weighted by Crippen LogP contribution is 2.18. The van der Waals surface area contributed by atoms with E-state index >= 15 is 0 Å². The molecule has 6 nitrogen and oxygen atoms in total. The summed E-state index contributed by atoms with van der Waals surface area (Å²) in [6.07, 6.45) is 0.438. The smallest absolute Gasteiger partial charge is 0.357 e. The van der Waals surface area contributed by atoms with Crippen LogP contribution in [0.4, 0.5) is 5.13 Å². The fraction of sp³-hybridized carbons (Fsp3) is 0.444. The summed E-state index contributed by atoms with van der Waals surface area (Å²) >= 11 is 1.32. The molecule has 1 amide bonds. The largest absolute Gasteiger partial charge is 0.464 e. The van der Waals surface area contributed by atoms with E-state index in [0.29, 0.717) is 18.1 Å². The van der Waals surface area contributed by atoms with Crippen molar-refractivity contribution in [3.05, 3.63) is 11.1 Å². The van der Waals surface area contributed by atoms with Crippen LogP contribution in [0, 0.1) is 0 Å². The minimum Gasteiger partial charge on any atom is -0.464 e. The predicted octanol–water partition coefficient (Wildman–Crippen LogP) is 0.230. The highest BCUT2D eigenvalue weighted by Gasteiger charge is 2.22. The Hall–Kier alpha value is -1.63. The van der Waals surface area contributed by atoms with Crippen LogP contribution in [0.2, 0.25) is 0 Å². The summed E-state index contributed by atoms with van der Waals surface area (Å²) in [6.45, 7) is 0.589. The maximum Gasteiger partial charge on any atom is 0.357 e. The zero-order chi connectivity index (χ0) is 11.5. The van der Waals surface area contributed by atoms with E-state index < -0.39 is 5.97 Å². The number of aromatic nitrogens is 1. The van der Waals surface area contributed by atoms with Crippen LogP contribution < -0.4 is 10.6 Å². The molecule has 1 aliphatic heterocycles. The van der Waals surface area contributed by atoms with E-state index in [1.165, 1.54) is 18.4 Å². The van der Waals surface area contributed by atoms with Gasteiger partial charge in [0.05, 0.1) is 13.2 Å². The standard InChI is InChI=1S/C9H11N3O3S/c1-15-8(14)6-4-16-9(12-6)11-5-2-7(13)10-3-5/h4-5H,2-3H2,1H3,(H,10,13)(H,11,12). The molecular weight excluding hydrogens is 230 g/mol. The second kappa shape index (κ2) is 4.48. The number of carbonyl (C=O) groups is 2. The molecule has 1 saturated heterocycles. The van der Waals surface area contributed by atoms with E-state index in [0.717, 1.165) is 0 Å². The number of nitrogens with one attached hydrogen (secondary N) is 2. The van der Waals surface area contributed by atoms with Gasteiger partial charge in [0, 0.05) is 18.3 Å². The number of hydrogen-bond acceptors (Lipinski definition) is 6. The number of thiazole rings is 1. The fourth-order valence-electron chi connectivity index (χ4n) is 1.42. The number of carbonyl (C=O) groups excluding carboxylic acids is 2. The first-order valence-corrected chi connectivity index (χ1v) is 5.64. The van der Waals surface area contributed by atoms with Crippen LogP contribution in [0.15, 0.2) is 5.38 Å². The summed E-state index contributed by atoms with van der Waals surface area (Å²) < 4.78 is 4.55. The third kappa shape index (κ3) is 2.30. The lowest BCUT2D eigenvalue weighted by Gasteiger charge is -2.07. The maximum absolute atomic E-state index is 11.1. The van der Waals surface area contributed by atoms with Gasteiger partial charge in [0.1, 0.15) is 0 Å². The number of amides is 1. The Labute approximate surface area is 96.0 Å². The molecule has 0 radical (unpaired) electrons. The van der Waals surface area contributed by atoms with E-state index in [-0.39, 0.29) is 17.6 Å². The van der Waals surface area contributed by atoms with Gasteiger partial charge in [-0.05, 0) is 0 Å². The van der Waals surface area contributed by atoms with Gasteiger partial charge in [-0.15, -0.1) is 11.3 Å². The molecule has 1 fully saturated rings. The van der Waals surface area contributed by atoms with Gasteiger partial charge in [0.15, 0.2) is 10.8 Å². The fourth-order valence-corrected chi connectivity index (χ4v) is 2.18. The minimum atomic E-state index is -0.454. The molecule has 1 unspecified atom stereocenters. The lowest BCUT2D eigenvalue weighted by Crippen LogP contribution is -2.22. The lowest BCUT2D eigenvalue weighted by molar-refractivity contribution is -0.119. The molecule has 0 bridgehead atoms. The van der Waals surface area contributed by atoms with Crippen molar-refractivity contribution in [3.8, 4) is 0 Å². The van der Waals surface area contributed by atoms with Crippen LogP contribution in [0.5, 0.6) is 0 Å². The van der Waals surface area contributed by atoms with Crippen LogP contribution in [-0.4, -0.2) is 36.6 Å². The first-order valence-electron chi connectivity index (χ1n) is 4.76. The van der Waals surface area contributed by atoms with Crippen molar-refractivity contribution < 1.29 is 14.3 Å². The van der Waals surface area contributed by atoms with Gasteiger partial charge in [-0.1, -0.05) is 0 Å². The van der Waals surface area contributed by atoms with Gasteiger partial charge >= 0.3 is 5.97 Å². The first kappa shape index (κ1) is 10.9. The van der Waals surface area contributed by atoms with E-state index in [4.69, 9.17) is 0 Å². The Morgan fingerprint density at radius 3 is 3.19 bits per heavy atom. The van der Waals surface area contributed by atoms with Crippen molar-refractivity contribution in [3.63, 3.8) is 0 Å². The molecule has 1 atom stereocenters. The van der Waals surface area contributed by atoms with Gasteiger partial charge in [0.2, 0.25) is 5.91 Å². The monoisotopic (exact) mass is 241 g/mol. The quantitative estimate of drug-likeness (QED) is 0.740. The molecule has 0 aromatic carbocycles. The topological polar surface area (TPSA) is 80.3 Å². The third-order valence-corrected chi connectivity index (χ3v) is 2.98. The molecule has 2 rings (SSSR count). The summed E-state index contributed by atoms with van der Waals surface area (Å²) in [4.78, 5) is 26.2. The van der Waals surface area contributed by atoms with Gasteiger partial charge < -0.3 is 15.4 Å². The zero-order valence-corrected chi connectivity index (χ0v) is 9.47. The molecule has 2 heterocycles. The molecule has 7 heteroatoms. The minimum absolute atomic E-state index is 0.0299. The molecule has 86 valence electrons. The van der Waals surface area contributed by atoms with Crippen LogP contribution >= 0.6 is 11.3 Å². The van der Waals surface area contributed by atoms with Crippen molar-refractivity contribution >= 4 is 28.3 Å². The molecule has 1 aromatic heterocycles. The Balaban J connectivity index is 1.97. The SMILES string of the molecule is COC(=O)c1csc(NC2CNC(=O)C2)n1. The number of methoxy groups -OCH3 is 1. The Morgan fingerprint density at radius 2 is 2.56 bits per heavy atom. The van der Waals surface area contributed by atoms with E-state index in [1.54, 1.807) is 5.38 Å². The molecule has 1 aromatic rings. The van der Waals surface area contributed by atoms with Crippen molar-refractivity contribution in [1.29, 1.82) is 0 Å². The van der Waals surface area contributed by atoms with Crippen molar-refractivity contribution in [2.24, 2.45) is 0 Å². The molecule has 0 saturated carbocycles. The normalized spacial score (nSPS) is 19.3. The number of nitrogens with zero attached hydrogens (tertiary/aromatic N) is 1. The summed E-state index contributed by atoms with van der Waals surface area (Å²) in [5.74, 6) is -0.424. The van der Waals surface area contributed by atoms with E-state index in [2.05, 4.69) is 20.4 Å². The van der Waals surface area contributed by atoms with Crippen molar-refractivity contribution in [1.82, 2.24) is 10.3 Å². The van der Waals surface area contributed by atoms with E-state index in [1.807, 2.05) is 0 Å². The zero-order valence-electron chi connectivity index (χ0n) is 8.65. The van der Waals surface area contributed by atoms with E-state index in [9.17, 15) is 9.59 Å². The average molecular weight is 241 g/mol. The summed E-state index contributed by atoms with van der Waals surface area (Å²) in [5.41, 5.74) is 0.285. The van der Waals surface area contributed by atoms with Gasteiger partial charge in [-0.25, -0.2) is 9.78 Å². The predicted molar refractivity (Wildman–Crippen MR) is 58.5 cm³/mol. The maximum atomic E-state index is 11.1. The summed E-state index contributed by atoms with van der Waals surface area (Å²) in [6, 6.07) is 0.0455. The summed E-state index contributed by atoms with van der Waals surface area (Å²) in [7, 11) is 1.31. The number of esters is 1.